The number of carbonyl (C=O) groups is 1. The molecule has 0 radical (unpaired) electrons. The number of aliphatic hydroxyl groups is 1. The van der Waals surface area contributed by atoms with Crippen molar-refractivity contribution in [3.05, 3.63) is 0 Å². The van der Waals surface area contributed by atoms with Gasteiger partial charge in [0.2, 0.25) is 0 Å². The summed E-state index contributed by atoms with van der Waals surface area (Å²) < 4.78 is 5.33. The van der Waals surface area contributed by atoms with Crippen LogP contribution in [0.4, 0.5) is 0 Å². The first kappa shape index (κ1) is 38.5. The molecule has 0 aromatic carbocycles. The van der Waals surface area contributed by atoms with Gasteiger partial charge in [0.05, 0.1) is 13.2 Å². The van der Waals surface area contributed by atoms with E-state index < -0.39 is 0 Å². The van der Waals surface area contributed by atoms with Crippen molar-refractivity contribution in [3.8, 4) is 0 Å². The molecule has 224 valence electrons. The van der Waals surface area contributed by atoms with Crippen LogP contribution in [0.5, 0.6) is 0 Å². The molecule has 0 spiro atoms. The van der Waals surface area contributed by atoms with Gasteiger partial charge >= 0.3 is 5.97 Å². The summed E-state index contributed by atoms with van der Waals surface area (Å²) in [6.45, 7) is 12.9. The topological polar surface area (TPSA) is 49.8 Å². The molecule has 0 rings (SSSR count). The van der Waals surface area contributed by atoms with Crippen molar-refractivity contribution in [2.24, 2.45) is 0 Å². The zero-order chi connectivity index (χ0) is 27.7. The third-order valence-electron chi connectivity index (χ3n) is 7.07. The van der Waals surface area contributed by atoms with Gasteiger partial charge in [-0.15, -0.1) is 0 Å². The number of unbranched alkanes of at least 4 members (excludes halogenated alkanes) is 18. The Morgan fingerprint density at radius 1 is 0.514 bits per heavy atom. The molecule has 1 N–H and O–H groups in total. The van der Waals surface area contributed by atoms with Crippen molar-refractivity contribution in [1.29, 1.82) is 0 Å². The molecule has 37 heavy (non-hydrogen) atoms. The van der Waals surface area contributed by atoms with Gasteiger partial charge in [-0.3, -0.25) is 4.79 Å². The minimum atomic E-state index is -0.0178. The van der Waals surface area contributed by atoms with Crippen molar-refractivity contribution in [2.45, 2.75) is 175 Å². The van der Waals surface area contributed by atoms with Gasteiger partial charge in [0.1, 0.15) is 0 Å². The van der Waals surface area contributed by atoms with Crippen LogP contribution in [0.25, 0.3) is 0 Å². The van der Waals surface area contributed by atoms with Gasteiger partial charge in [-0.05, 0) is 38.8 Å². The standard InChI is InChI=1S/C25H51NO3.C8H18/c1-3-5-7-9-14-18-24-29-25(28)19-15-11-10-13-17-21-26(22-23-27)20-16-12-8-6-4-2;1-3-5-7-8-6-4-2/h27H,3-24H2,1-2H3;3-8H2,1-2H3. The number of nitrogens with zero attached hydrogens (tertiary/aromatic N) is 1. The van der Waals surface area contributed by atoms with Crippen LogP contribution in [-0.4, -0.2) is 48.8 Å². The summed E-state index contributed by atoms with van der Waals surface area (Å²) in [5.74, 6) is -0.0178. The second-order valence-corrected chi connectivity index (χ2v) is 10.9. The predicted molar refractivity (Wildman–Crippen MR) is 163 cm³/mol. The lowest BCUT2D eigenvalue weighted by molar-refractivity contribution is -0.143. The molecule has 4 heteroatoms. The highest BCUT2D eigenvalue weighted by Gasteiger charge is 2.05. The van der Waals surface area contributed by atoms with Crippen LogP contribution in [0.1, 0.15) is 175 Å². The molecule has 0 aliphatic carbocycles. The Morgan fingerprint density at radius 3 is 1.32 bits per heavy atom. The summed E-state index contributed by atoms with van der Waals surface area (Å²) in [6, 6.07) is 0. The first-order valence-corrected chi connectivity index (χ1v) is 16.6. The quantitative estimate of drug-likeness (QED) is 0.0812. The molecule has 0 saturated carbocycles. The van der Waals surface area contributed by atoms with Gasteiger partial charge in [-0.1, -0.05) is 143 Å². The van der Waals surface area contributed by atoms with Crippen LogP contribution >= 0.6 is 0 Å². The lowest BCUT2D eigenvalue weighted by atomic mass is 10.1. The first-order valence-electron chi connectivity index (χ1n) is 16.6. The van der Waals surface area contributed by atoms with Gasteiger partial charge in [-0.2, -0.15) is 0 Å². The minimum Gasteiger partial charge on any atom is -0.466 e. The van der Waals surface area contributed by atoms with Crippen molar-refractivity contribution in [3.63, 3.8) is 0 Å². The van der Waals surface area contributed by atoms with Crippen LogP contribution < -0.4 is 0 Å². The summed E-state index contributed by atoms with van der Waals surface area (Å²) in [5.41, 5.74) is 0. The highest BCUT2D eigenvalue weighted by molar-refractivity contribution is 5.69. The Kier molecular flexibility index (Phi) is 36.9. The Labute approximate surface area is 233 Å². The summed E-state index contributed by atoms with van der Waals surface area (Å²) in [4.78, 5) is 14.2. The average Bonchev–Trinajstić information content (AvgIpc) is 2.90. The van der Waals surface area contributed by atoms with E-state index in [0.717, 1.165) is 38.9 Å². The monoisotopic (exact) mass is 528 g/mol. The molecule has 0 amide bonds. The molecule has 4 nitrogen and oxygen atoms in total. The fraction of sp³-hybridized carbons (Fsp3) is 0.970. The van der Waals surface area contributed by atoms with Gasteiger partial charge in [0.15, 0.2) is 0 Å². The maximum absolute atomic E-state index is 11.7. The number of rotatable bonds is 28. The molecule has 0 heterocycles. The Bertz CT molecular complexity index is 410. The maximum atomic E-state index is 11.7. The van der Waals surface area contributed by atoms with E-state index in [1.165, 1.54) is 122 Å². The van der Waals surface area contributed by atoms with E-state index in [9.17, 15) is 9.90 Å². The first-order chi connectivity index (χ1) is 18.2. The largest absolute Gasteiger partial charge is 0.466 e. The normalized spacial score (nSPS) is 11.0. The summed E-state index contributed by atoms with van der Waals surface area (Å²) >= 11 is 0. The number of hydrogen-bond acceptors (Lipinski definition) is 4. The molecule has 0 aromatic heterocycles. The number of aliphatic hydroxyl groups excluding tert-OH is 1. The summed E-state index contributed by atoms with van der Waals surface area (Å²) in [6.07, 6.45) is 28.6. The van der Waals surface area contributed by atoms with Gasteiger partial charge in [0.25, 0.3) is 0 Å². The number of carbonyl (C=O) groups excluding carboxylic acids is 1. The Hall–Kier alpha value is -0.610. The van der Waals surface area contributed by atoms with Crippen LogP contribution in [0.2, 0.25) is 0 Å². The van der Waals surface area contributed by atoms with E-state index in [0.29, 0.717) is 13.0 Å². The zero-order valence-electron chi connectivity index (χ0n) is 26.0. The molecule has 0 aromatic rings. The van der Waals surface area contributed by atoms with E-state index in [1.54, 1.807) is 0 Å². The van der Waals surface area contributed by atoms with Crippen molar-refractivity contribution in [2.75, 3.05) is 32.8 Å². The number of esters is 1. The molecule has 0 aliphatic heterocycles. The number of ether oxygens (including phenoxy) is 1. The fourth-order valence-corrected chi connectivity index (χ4v) is 4.54. The fourth-order valence-electron chi connectivity index (χ4n) is 4.54. The Balaban J connectivity index is 0. The van der Waals surface area contributed by atoms with E-state index in [1.807, 2.05) is 0 Å². The lowest BCUT2D eigenvalue weighted by Gasteiger charge is -2.21. The zero-order valence-corrected chi connectivity index (χ0v) is 26.0. The second-order valence-electron chi connectivity index (χ2n) is 10.9. The molecule has 0 fully saturated rings. The average molecular weight is 528 g/mol. The van der Waals surface area contributed by atoms with E-state index >= 15 is 0 Å². The molecular formula is C33H69NO3. The summed E-state index contributed by atoms with van der Waals surface area (Å²) in [7, 11) is 0. The molecule has 0 bridgehead atoms. The SMILES string of the molecule is CCCCCCCC.CCCCCCCCOC(=O)CCCCCCCN(CCO)CCCCCCC. The molecule has 0 saturated heterocycles. The summed E-state index contributed by atoms with van der Waals surface area (Å²) in [5, 5.41) is 9.24. The lowest BCUT2D eigenvalue weighted by Crippen LogP contribution is -2.29. The van der Waals surface area contributed by atoms with E-state index in [-0.39, 0.29) is 12.6 Å². The maximum Gasteiger partial charge on any atom is 0.305 e. The van der Waals surface area contributed by atoms with Crippen LogP contribution in [-0.2, 0) is 9.53 Å². The smallest absolute Gasteiger partial charge is 0.305 e. The van der Waals surface area contributed by atoms with Crippen LogP contribution in [0.15, 0.2) is 0 Å². The van der Waals surface area contributed by atoms with Crippen LogP contribution in [0, 0.1) is 0 Å². The van der Waals surface area contributed by atoms with Crippen molar-refractivity contribution >= 4 is 5.97 Å². The third-order valence-corrected chi connectivity index (χ3v) is 7.07. The van der Waals surface area contributed by atoms with Crippen LogP contribution in [0.3, 0.4) is 0 Å². The predicted octanol–water partition coefficient (Wildman–Crippen LogP) is 9.86. The van der Waals surface area contributed by atoms with Crippen molar-refractivity contribution < 1.29 is 14.6 Å². The van der Waals surface area contributed by atoms with E-state index in [2.05, 4.69) is 32.6 Å². The minimum absolute atomic E-state index is 0.0178. The van der Waals surface area contributed by atoms with Crippen molar-refractivity contribution in [1.82, 2.24) is 4.90 Å². The molecule has 0 unspecified atom stereocenters. The molecule has 0 aliphatic rings. The number of hydrogen-bond donors (Lipinski definition) is 1. The molecule has 0 atom stereocenters. The van der Waals surface area contributed by atoms with Gasteiger partial charge < -0.3 is 14.7 Å². The highest BCUT2D eigenvalue weighted by Crippen LogP contribution is 2.10. The highest BCUT2D eigenvalue weighted by atomic mass is 16.5. The third kappa shape index (κ3) is 35.4. The van der Waals surface area contributed by atoms with Gasteiger partial charge in [-0.25, -0.2) is 0 Å². The van der Waals surface area contributed by atoms with Gasteiger partial charge in [0, 0.05) is 13.0 Å². The molecular weight excluding hydrogens is 458 g/mol. The Morgan fingerprint density at radius 2 is 0.892 bits per heavy atom. The van der Waals surface area contributed by atoms with E-state index in [4.69, 9.17) is 4.74 Å². The second kappa shape index (κ2) is 35.4.